The molecule has 5 N–H and O–H groups in total. The first-order valence-corrected chi connectivity index (χ1v) is 15.9. The van der Waals surface area contributed by atoms with Gasteiger partial charge in [0.1, 0.15) is 18.1 Å². The number of carbonyl (C=O) groups excluding carboxylic acids is 1. The number of nitrogens with two attached hydrogens (primary N) is 1. The second-order valence-electron chi connectivity index (χ2n) is 10.6. The molecule has 1 saturated carbocycles. The van der Waals surface area contributed by atoms with Gasteiger partial charge in [-0.25, -0.2) is 17.9 Å². The summed E-state index contributed by atoms with van der Waals surface area (Å²) in [5.74, 6) is 0.0943. The zero-order chi connectivity index (χ0) is 31.0. The number of carboxylic acid groups (broad SMARTS) is 1. The van der Waals surface area contributed by atoms with E-state index in [1.807, 2.05) is 16.9 Å². The standard InChI is InChI=1S/C31H37N3O8S/c1-43(39,40)33-30(36)27-16-11-23(19-29(27)42-26-5-3-2-4-6-26)21-9-14-25(15-10-21)41-18-17-34(31(37)38)20-28(35)22-7-12-24(32)13-8-22/h7-16,19,26,28,35H,2-6,17-18,20,32H2,1H3,(H,33,36)(H,37,38)/t28-/m1/s1. The molecule has 2 amide bonds. The van der Waals surface area contributed by atoms with Crippen molar-refractivity contribution in [2.24, 2.45) is 0 Å². The van der Waals surface area contributed by atoms with Crippen molar-refractivity contribution in [2.75, 3.05) is 31.7 Å². The van der Waals surface area contributed by atoms with Crippen LogP contribution in [0.3, 0.4) is 0 Å². The number of nitrogens with one attached hydrogen (secondary N) is 1. The minimum absolute atomic E-state index is 0.0436. The lowest BCUT2D eigenvalue weighted by Crippen LogP contribution is -2.36. The molecule has 0 saturated heterocycles. The lowest BCUT2D eigenvalue weighted by molar-refractivity contribution is 0.0894. The first-order valence-electron chi connectivity index (χ1n) is 14.1. The molecule has 0 heterocycles. The van der Waals surface area contributed by atoms with Gasteiger partial charge in [-0.05, 0) is 78.8 Å². The Labute approximate surface area is 251 Å². The van der Waals surface area contributed by atoms with Crippen molar-refractivity contribution in [3.8, 4) is 22.6 Å². The van der Waals surface area contributed by atoms with Gasteiger partial charge in [-0.2, -0.15) is 0 Å². The van der Waals surface area contributed by atoms with E-state index in [2.05, 4.69) is 0 Å². The zero-order valence-electron chi connectivity index (χ0n) is 23.9. The van der Waals surface area contributed by atoms with Gasteiger partial charge in [-0.15, -0.1) is 0 Å². The SMILES string of the molecule is CS(=O)(=O)NC(=O)c1ccc(-c2ccc(OCCN(C[C@@H](O)c3ccc(N)cc3)C(=O)O)cc2)cc1OC1CCCCC1. The number of carbonyl (C=O) groups is 2. The topological polar surface area (TPSA) is 168 Å². The fraction of sp³-hybridized carbons (Fsp3) is 0.355. The van der Waals surface area contributed by atoms with Crippen LogP contribution >= 0.6 is 0 Å². The van der Waals surface area contributed by atoms with Crippen LogP contribution in [-0.2, 0) is 10.0 Å². The molecule has 0 aromatic heterocycles. The van der Waals surface area contributed by atoms with E-state index in [9.17, 15) is 28.2 Å². The summed E-state index contributed by atoms with van der Waals surface area (Å²) in [5, 5.41) is 20.0. The summed E-state index contributed by atoms with van der Waals surface area (Å²) in [6.45, 7) is -0.00334. The molecule has 3 aromatic rings. The molecule has 230 valence electrons. The quantitative estimate of drug-likeness (QED) is 0.217. The molecule has 1 aliphatic rings. The number of sulfonamides is 1. The van der Waals surface area contributed by atoms with Crippen LogP contribution in [0.1, 0.15) is 54.1 Å². The van der Waals surface area contributed by atoms with E-state index >= 15 is 0 Å². The third-order valence-corrected chi connectivity index (χ3v) is 7.71. The normalized spacial score (nSPS) is 14.5. The number of nitrogens with zero attached hydrogens (tertiary/aromatic N) is 1. The molecule has 0 radical (unpaired) electrons. The van der Waals surface area contributed by atoms with Gasteiger partial charge >= 0.3 is 6.09 Å². The highest BCUT2D eigenvalue weighted by molar-refractivity contribution is 7.89. The van der Waals surface area contributed by atoms with Gasteiger partial charge < -0.3 is 30.3 Å². The van der Waals surface area contributed by atoms with Crippen LogP contribution in [0.2, 0.25) is 0 Å². The third-order valence-electron chi connectivity index (χ3n) is 7.15. The van der Waals surface area contributed by atoms with E-state index in [1.54, 1.807) is 54.6 Å². The Hall–Kier alpha value is -4.29. The van der Waals surface area contributed by atoms with Gasteiger partial charge in [0.15, 0.2) is 0 Å². The number of amides is 2. The summed E-state index contributed by atoms with van der Waals surface area (Å²) in [6.07, 6.45) is 3.62. The molecule has 3 aromatic carbocycles. The number of hydrogen-bond donors (Lipinski definition) is 4. The van der Waals surface area contributed by atoms with E-state index in [1.165, 1.54) is 0 Å². The summed E-state index contributed by atoms with van der Waals surface area (Å²) < 4.78 is 37.3. The summed E-state index contributed by atoms with van der Waals surface area (Å²) in [4.78, 5) is 25.5. The summed E-state index contributed by atoms with van der Waals surface area (Å²) >= 11 is 0. The average Bonchev–Trinajstić information content (AvgIpc) is 2.97. The maximum atomic E-state index is 12.7. The minimum atomic E-state index is -3.75. The molecule has 11 nitrogen and oxygen atoms in total. The zero-order valence-corrected chi connectivity index (χ0v) is 24.8. The monoisotopic (exact) mass is 611 g/mol. The smallest absolute Gasteiger partial charge is 0.407 e. The van der Waals surface area contributed by atoms with Gasteiger partial charge in [0.2, 0.25) is 10.0 Å². The van der Waals surface area contributed by atoms with E-state index in [0.717, 1.165) is 54.4 Å². The number of hydrogen-bond acceptors (Lipinski definition) is 8. The molecule has 12 heteroatoms. The Bertz CT molecular complexity index is 1500. The van der Waals surface area contributed by atoms with Crippen LogP contribution < -0.4 is 19.9 Å². The van der Waals surface area contributed by atoms with Crippen molar-refractivity contribution >= 4 is 27.7 Å². The molecule has 4 rings (SSSR count). The van der Waals surface area contributed by atoms with Crippen LogP contribution in [0, 0.1) is 0 Å². The van der Waals surface area contributed by atoms with Crippen molar-refractivity contribution in [1.82, 2.24) is 9.62 Å². The first-order chi connectivity index (χ1) is 20.5. The summed E-state index contributed by atoms with van der Waals surface area (Å²) in [7, 11) is -3.75. The van der Waals surface area contributed by atoms with Crippen molar-refractivity contribution in [3.05, 3.63) is 77.9 Å². The maximum absolute atomic E-state index is 12.7. The second-order valence-corrected chi connectivity index (χ2v) is 12.3. The highest BCUT2D eigenvalue weighted by atomic mass is 32.2. The predicted octanol–water partition coefficient (Wildman–Crippen LogP) is 4.43. The molecule has 1 fully saturated rings. The number of rotatable bonds is 12. The van der Waals surface area contributed by atoms with Crippen molar-refractivity contribution in [1.29, 1.82) is 0 Å². The average molecular weight is 612 g/mol. The minimum Gasteiger partial charge on any atom is -0.492 e. The van der Waals surface area contributed by atoms with Crippen LogP contribution in [0.5, 0.6) is 11.5 Å². The highest BCUT2D eigenvalue weighted by Gasteiger charge is 2.22. The van der Waals surface area contributed by atoms with E-state index in [-0.39, 0.29) is 31.4 Å². The maximum Gasteiger partial charge on any atom is 0.407 e. The Morgan fingerprint density at radius 2 is 1.65 bits per heavy atom. The molecule has 0 aliphatic heterocycles. The van der Waals surface area contributed by atoms with E-state index in [4.69, 9.17) is 15.2 Å². The molecule has 0 bridgehead atoms. The first kappa shape index (κ1) is 31.6. The van der Waals surface area contributed by atoms with Crippen LogP contribution in [0.4, 0.5) is 10.5 Å². The highest BCUT2D eigenvalue weighted by Crippen LogP contribution is 2.32. The molecule has 1 aliphatic carbocycles. The van der Waals surface area contributed by atoms with Crippen LogP contribution in [0.15, 0.2) is 66.7 Å². The Morgan fingerprint density at radius 3 is 2.28 bits per heavy atom. The number of anilines is 1. The molecular formula is C31H37N3O8S. The molecule has 1 atom stereocenters. The number of benzene rings is 3. The van der Waals surface area contributed by atoms with Crippen LogP contribution in [-0.4, -0.2) is 67.6 Å². The van der Waals surface area contributed by atoms with Crippen molar-refractivity contribution in [3.63, 3.8) is 0 Å². The van der Waals surface area contributed by atoms with Gasteiger partial charge in [0.05, 0.1) is 37.1 Å². The lowest BCUT2D eigenvalue weighted by Gasteiger charge is -2.24. The second kappa shape index (κ2) is 14.3. The number of aliphatic hydroxyl groups is 1. The fourth-order valence-corrected chi connectivity index (χ4v) is 5.33. The lowest BCUT2D eigenvalue weighted by atomic mass is 9.97. The Kier molecular flexibility index (Phi) is 10.5. The van der Waals surface area contributed by atoms with Crippen molar-refractivity contribution in [2.45, 2.75) is 44.3 Å². The fourth-order valence-electron chi connectivity index (χ4n) is 4.89. The Balaban J connectivity index is 1.41. The number of ether oxygens (including phenoxy) is 2. The largest absolute Gasteiger partial charge is 0.492 e. The van der Waals surface area contributed by atoms with Crippen molar-refractivity contribution < 1.29 is 37.7 Å². The van der Waals surface area contributed by atoms with Crippen LogP contribution in [0.25, 0.3) is 11.1 Å². The van der Waals surface area contributed by atoms with Gasteiger partial charge in [-0.1, -0.05) is 36.8 Å². The third kappa shape index (κ3) is 9.35. The molecule has 0 spiro atoms. The summed E-state index contributed by atoms with van der Waals surface area (Å²) in [5.41, 5.74) is 8.51. The Morgan fingerprint density at radius 1 is 1.00 bits per heavy atom. The molecule has 0 unspecified atom stereocenters. The number of aliphatic hydroxyl groups excluding tert-OH is 1. The van der Waals surface area contributed by atoms with E-state index in [0.29, 0.717) is 22.7 Å². The van der Waals surface area contributed by atoms with Gasteiger partial charge in [0.25, 0.3) is 5.91 Å². The summed E-state index contributed by atoms with van der Waals surface area (Å²) in [6, 6.07) is 18.7. The molecular weight excluding hydrogens is 574 g/mol. The van der Waals surface area contributed by atoms with Gasteiger partial charge in [0, 0.05) is 5.69 Å². The van der Waals surface area contributed by atoms with E-state index < -0.39 is 28.1 Å². The predicted molar refractivity (Wildman–Crippen MR) is 163 cm³/mol. The molecule has 43 heavy (non-hydrogen) atoms. The number of nitrogen functional groups attached to an aromatic ring is 1. The van der Waals surface area contributed by atoms with Gasteiger partial charge in [-0.3, -0.25) is 4.79 Å².